The molecule has 27 heavy (non-hydrogen) atoms. The molecule has 2 aromatic rings. The highest BCUT2D eigenvalue weighted by Gasteiger charge is 2.38. The van der Waals surface area contributed by atoms with Gasteiger partial charge in [-0.3, -0.25) is 4.79 Å². The first-order valence-electron chi connectivity index (χ1n) is 8.10. The molecule has 0 spiro atoms. The Morgan fingerprint density at radius 3 is 2.30 bits per heavy atom. The second-order valence-corrected chi connectivity index (χ2v) is 6.13. The number of benzene rings is 1. The first-order valence-corrected chi connectivity index (χ1v) is 8.10. The maximum absolute atomic E-state index is 12.2. The Kier molecular flexibility index (Phi) is 4.89. The molecule has 138 valence electrons. The minimum Gasteiger partial charge on any atom is -0.419 e. The fraction of sp³-hybridized carbons (Fsp3) is 0.158. The van der Waals surface area contributed by atoms with Gasteiger partial charge in [-0.2, -0.15) is 0 Å². The van der Waals surface area contributed by atoms with Crippen LogP contribution in [0.5, 0.6) is 0 Å². The molecule has 0 bridgehead atoms. The number of cyclic esters (lactones) is 2. The van der Waals surface area contributed by atoms with Gasteiger partial charge in [0, 0.05) is 37.5 Å². The molecule has 8 heteroatoms. The van der Waals surface area contributed by atoms with Crippen LogP contribution in [0.2, 0.25) is 0 Å². The minimum absolute atomic E-state index is 0.244. The van der Waals surface area contributed by atoms with Crippen LogP contribution in [0.15, 0.2) is 60.4 Å². The average Bonchev–Trinajstić information content (AvgIpc) is 2.61. The minimum atomic E-state index is -1.28. The molecule has 8 nitrogen and oxygen atoms in total. The number of anilines is 2. The van der Waals surface area contributed by atoms with Crippen LogP contribution in [0, 0.1) is 0 Å². The molecule has 2 heterocycles. The molecule has 0 saturated carbocycles. The van der Waals surface area contributed by atoms with E-state index >= 15 is 0 Å². The van der Waals surface area contributed by atoms with Crippen molar-refractivity contribution in [3.8, 4) is 0 Å². The third-order valence-corrected chi connectivity index (χ3v) is 3.55. The third-order valence-electron chi connectivity index (χ3n) is 3.55. The molecule has 1 aliphatic rings. The van der Waals surface area contributed by atoms with E-state index in [1.54, 1.807) is 48.7 Å². The lowest BCUT2D eigenvalue weighted by Crippen LogP contribution is -2.42. The van der Waals surface area contributed by atoms with Gasteiger partial charge in [-0.1, -0.05) is 6.07 Å². The predicted molar refractivity (Wildman–Crippen MR) is 96.6 cm³/mol. The van der Waals surface area contributed by atoms with Gasteiger partial charge in [-0.05, 0) is 36.4 Å². The van der Waals surface area contributed by atoms with Crippen molar-refractivity contribution < 1.29 is 23.9 Å². The monoisotopic (exact) mass is 367 g/mol. The number of carbonyl (C=O) groups is 3. The van der Waals surface area contributed by atoms with Gasteiger partial charge in [-0.15, -0.1) is 0 Å². The Labute approximate surface area is 155 Å². The van der Waals surface area contributed by atoms with Gasteiger partial charge < -0.3 is 20.1 Å². The van der Waals surface area contributed by atoms with Crippen LogP contribution in [0.3, 0.4) is 0 Å². The Bertz CT molecular complexity index is 883. The largest absolute Gasteiger partial charge is 0.419 e. The highest BCUT2D eigenvalue weighted by Crippen LogP contribution is 2.22. The Hall–Kier alpha value is -3.68. The summed E-state index contributed by atoms with van der Waals surface area (Å²) >= 11 is 0. The highest BCUT2D eigenvalue weighted by atomic mass is 16.7. The predicted octanol–water partition coefficient (Wildman–Crippen LogP) is 2.47. The van der Waals surface area contributed by atoms with E-state index in [9.17, 15) is 14.4 Å². The fourth-order valence-electron chi connectivity index (χ4n) is 2.28. The van der Waals surface area contributed by atoms with Crippen LogP contribution in [0.25, 0.3) is 0 Å². The number of rotatable bonds is 4. The number of hydrogen-bond donors (Lipinski definition) is 2. The van der Waals surface area contributed by atoms with Crippen molar-refractivity contribution in [2.45, 2.75) is 19.6 Å². The van der Waals surface area contributed by atoms with E-state index in [1.165, 1.54) is 20.0 Å². The number of nitrogens with zero attached hydrogens (tertiary/aromatic N) is 1. The summed E-state index contributed by atoms with van der Waals surface area (Å²) in [5.41, 5.74) is 0.755. The van der Waals surface area contributed by atoms with E-state index in [0.717, 1.165) is 0 Å². The maximum atomic E-state index is 12.2. The average molecular weight is 367 g/mol. The zero-order valence-corrected chi connectivity index (χ0v) is 14.7. The molecule has 1 aromatic carbocycles. The summed E-state index contributed by atoms with van der Waals surface area (Å²) in [5, 5.41) is 5.49. The molecule has 1 fully saturated rings. The fourth-order valence-corrected chi connectivity index (χ4v) is 2.28. The summed E-state index contributed by atoms with van der Waals surface area (Å²) in [4.78, 5) is 39.9. The molecule has 2 N–H and O–H groups in total. The van der Waals surface area contributed by atoms with E-state index < -0.39 is 17.7 Å². The summed E-state index contributed by atoms with van der Waals surface area (Å²) in [5.74, 6) is -2.68. The second kappa shape index (κ2) is 7.28. The second-order valence-electron chi connectivity index (χ2n) is 6.13. The first-order chi connectivity index (χ1) is 12.8. The number of amides is 1. The van der Waals surface area contributed by atoms with E-state index in [0.29, 0.717) is 17.1 Å². The number of nitrogens with one attached hydrogen (secondary N) is 2. The van der Waals surface area contributed by atoms with E-state index in [1.807, 2.05) is 0 Å². The SMILES string of the molecule is CC1(C)OC(=O)C(=CNc2ccc(C(=O)Nc3ccccn3)cc2)C(=O)O1. The van der Waals surface area contributed by atoms with Crippen molar-refractivity contribution in [2.24, 2.45) is 0 Å². The summed E-state index contributed by atoms with van der Waals surface area (Å²) in [6, 6.07) is 11.7. The van der Waals surface area contributed by atoms with Gasteiger partial charge in [0.1, 0.15) is 5.82 Å². The molecule has 0 atom stereocenters. The lowest BCUT2D eigenvalue weighted by molar-refractivity contribution is -0.222. The number of aromatic nitrogens is 1. The molecule has 1 aliphatic heterocycles. The van der Waals surface area contributed by atoms with Crippen molar-refractivity contribution in [2.75, 3.05) is 10.6 Å². The normalized spacial score (nSPS) is 15.4. The summed E-state index contributed by atoms with van der Waals surface area (Å²) in [6.07, 6.45) is 2.79. The van der Waals surface area contributed by atoms with Gasteiger partial charge in [0.2, 0.25) is 0 Å². The highest BCUT2D eigenvalue weighted by molar-refractivity contribution is 6.15. The van der Waals surface area contributed by atoms with Crippen molar-refractivity contribution in [3.63, 3.8) is 0 Å². The smallest absolute Gasteiger partial charge is 0.350 e. The lowest BCUT2D eigenvalue weighted by Gasteiger charge is -2.29. The van der Waals surface area contributed by atoms with Gasteiger partial charge in [0.25, 0.3) is 11.7 Å². The molecule has 1 aromatic heterocycles. The number of pyridine rings is 1. The molecule has 0 radical (unpaired) electrons. The first kappa shape index (κ1) is 18.1. The van der Waals surface area contributed by atoms with E-state index in [4.69, 9.17) is 9.47 Å². The van der Waals surface area contributed by atoms with Gasteiger partial charge in [-0.25, -0.2) is 14.6 Å². The molecular formula is C19H17N3O5. The van der Waals surface area contributed by atoms with E-state index in [-0.39, 0.29) is 11.5 Å². The van der Waals surface area contributed by atoms with Crippen LogP contribution in [-0.2, 0) is 19.1 Å². The van der Waals surface area contributed by atoms with Crippen LogP contribution in [0.4, 0.5) is 11.5 Å². The molecule has 0 unspecified atom stereocenters. The molecular weight excluding hydrogens is 350 g/mol. The lowest BCUT2D eigenvalue weighted by atomic mass is 10.2. The van der Waals surface area contributed by atoms with Crippen molar-refractivity contribution in [1.29, 1.82) is 0 Å². The van der Waals surface area contributed by atoms with Crippen LogP contribution in [0.1, 0.15) is 24.2 Å². The Morgan fingerprint density at radius 1 is 1.04 bits per heavy atom. The topological polar surface area (TPSA) is 107 Å². The van der Waals surface area contributed by atoms with Crippen molar-refractivity contribution in [1.82, 2.24) is 4.98 Å². The molecule has 1 amide bonds. The van der Waals surface area contributed by atoms with Crippen LogP contribution >= 0.6 is 0 Å². The standard InChI is InChI=1S/C19H17N3O5/c1-19(2)26-17(24)14(18(25)27-19)11-21-13-8-6-12(7-9-13)16(23)22-15-5-3-4-10-20-15/h3-11,21H,1-2H3,(H,20,22,23). The number of ether oxygens (including phenoxy) is 2. The number of hydrogen-bond acceptors (Lipinski definition) is 7. The molecule has 3 rings (SSSR count). The zero-order chi connectivity index (χ0) is 19.4. The van der Waals surface area contributed by atoms with Crippen molar-refractivity contribution in [3.05, 3.63) is 66.0 Å². The third kappa shape index (κ3) is 4.49. The summed E-state index contributed by atoms with van der Waals surface area (Å²) in [6.45, 7) is 2.95. The van der Waals surface area contributed by atoms with Crippen LogP contribution in [-0.4, -0.2) is 28.6 Å². The number of carbonyl (C=O) groups excluding carboxylic acids is 3. The van der Waals surface area contributed by atoms with Crippen molar-refractivity contribution >= 4 is 29.4 Å². The van der Waals surface area contributed by atoms with Crippen LogP contribution < -0.4 is 10.6 Å². The van der Waals surface area contributed by atoms with E-state index in [2.05, 4.69) is 15.6 Å². The molecule has 1 saturated heterocycles. The summed E-state index contributed by atoms with van der Waals surface area (Å²) in [7, 11) is 0. The van der Waals surface area contributed by atoms with Gasteiger partial charge in [0.05, 0.1) is 0 Å². The Morgan fingerprint density at radius 2 is 1.70 bits per heavy atom. The van der Waals surface area contributed by atoms with Gasteiger partial charge >= 0.3 is 11.9 Å². The van der Waals surface area contributed by atoms with Gasteiger partial charge in [0.15, 0.2) is 5.57 Å². The summed E-state index contributed by atoms with van der Waals surface area (Å²) < 4.78 is 10.0. The number of esters is 2. The molecule has 0 aliphatic carbocycles. The zero-order valence-electron chi connectivity index (χ0n) is 14.7. The quantitative estimate of drug-likeness (QED) is 0.486. The Balaban J connectivity index is 1.65. The maximum Gasteiger partial charge on any atom is 0.350 e.